The maximum atomic E-state index is 9.62. The van der Waals surface area contributed by atoms with Crippen molar-refractivity contribution in [1.29, 1.82) is 5.26 Å². The van der Waals surface area contributed by atoms with Crippen LogP contribution in [0.1, 0.15) is 11.3 Å². The maximum absolute atomic E-state index is 9.62. The zero-order valence-corrected chi connectivity index (χ0v) is 15.5. The quantitative estimate of drug-likeness (QED) is 0.344. The number of thioether (sulfide) groups is 1. The number of aryl methyl sites for hydroxylation is 1. The molecule has 0 radical (unpaired) electrons. The molecule has 0 spiro atoms. The van der Waals surface area contributed by atoms with Crippen LogP contribution >= 0.6 is 23.1 Å². The predicted molar refractivity (Wildman–Crippen MR) is 107 cm³/mol. The van der Waals surface area contributed by atoms with Gasteiger partial charge in [-0.25, -0.2) is 4.98 Å². The summed E-state index contributed by atoms with van der Waals surface area (Å²) in [6.07, 6.45) is 1.98. The van der Waals surface area contributed by atoms with Crippen LogP contribution in [-0.2, 0) is 7.05 Å². The SMILES string of the molecule is Cc1c(C=C(C#N)Sc2nc3ccccc3s2)c2ccccc2n1C. The lowest BCUT2D eigenvalue weighted by atomic mass is 10.1. The first kappa shape index (κ1) is 15.9. The molecular weight excluding hydrogens is 346 g/mol. The number of rotatable bonds is 3. The van der Waals surface area contributed by atoms with Crippen LogP contribution in [-0.4, -0.2) is 9.55 Å². The number of para-hydroxylation sites is 2. The van der Waals surface area contributed by atoms with Crippen LogP contribution in [0.2, 0.25) is 0 Å². The van der Waals surface area contributed by atoms with E-state index in [1.807, 2.05) is 36.4 Å². The average molecular weight is 361 g/mol. The van der Waals surface area contributed by atoms with Crippen LogP contribution in [0.5, 0.6) is 0 Å². The van der Waals surface area contributed by atoms with E-state index in [9.17, 15) is 5.26 Å². The van der Waals surface area contributed by atoms with E-state index in [0.717, 1.165) is 25.8 Å². The number of aromatic nitrogens is 2. The molecule has 3 nitrogen and oxygen atoms in total. The summed E-state index contributed by atoms with van der Waals surface area (Å²) in [5.74, 6) is 0. The van der Waals surface area contributed by atoms with Crippen molar-refractivity contribution in [2.45, 2.75) is 11.3 Å². The minimum Gasteiger partial charge on any atom is -0.347 e. The van der Waals surface area contributed by atoms with Crippen molar-refractivity contribution in [2.75, 3.05) is 0 Å². The number of hydrogen-bond donors (Lipinski definition) is 0. The molecular formula is C20H15N3S2. The van der Waals surface area contributed by atoms with Crippen LogP contribution in [0.4, 0.5) is 0 Å². The zero-order valence-electron chi connectivity index (χ0n) is 13.9. The molecule has 25 heavy (non-hydrogen) atoms. The first-order chi connectivity index (χ1) is 12.2. The third-order valence-electron chi connectivity index (χ3n) is 4.31. The Morgan fingerprint density at radius 3 is 2.76 bits per heavy atom. The second kappa shape index (κ2) is 6.40. The fourth-order valence-corrected chi connectivity index (χ4v) is 4.89. The van der Waals surface area contributed by atoms with Gasteiger partial charge in [0.15, 0.2) is 4.34 Å². The predicted octanol–water partition coefficient (Wildman–Crippen LogP) is 5.75. The Labute approximate surface area is 154 Å². The molecule has 0 saturated heterocycles. The second-order valence-corrected chi connectivity index (χ2v) is 8.06. The Hall–Kier alpha value is -2.55. The topological polar surface area (TPSA) is 41.6 Å². The van der Waals surface area contributed by atoms with Gasteiger partial charge in [-0.1, -0.05) is 30.3 Å². The lowest BCUT2D eigenvalue weighted by Crippen LogP contribution is -1.90. The Kier molecular flexibility index (Phi) is 4.08. The molecule has 0 atom stereocenters. The van der Waals surface area contributed by atoms with Crippen molar-refractivity contribution in [1.82, 2.24) is 9.55 Å². The Morgan fingerprint density at radius 2 is 1.96 bits per heavy atom. The molecule has 0 aliphatic rings. The molecule has 0 unspecified atom stereocenters. The van der Waals surface area contributed by atoms with Crippen LogP contribution in [0.25, 0.3) is 27.2 Å². The van der Waals surface area contributed by atoms with Gasteiger partial charge in [-0.3, -0.25) is 0 Å². The highest BCUT2D eigenvalue weighted by molar-refractivity contribution is 8.05. The van der Waals surface area contributed by atoms with Gasteiger partial charge in [0.05, 0.1) is 15.1 Å². The minimum atomic E-state index is 0.651. The van der Waals surface area contributed by atoms with E-state index in [0.29, 0.717) is 4.91 Å². The molecule has 4 rings (SSSR count). The first-order valence-corrected chi connectivity index (χ1v) is 9.50. The van der Waals surface area contributed by atoms with Crippen molar-refractivity contribution in [3.63, 3.8) is 0 Å². The standard InChI is InChI=1S/C20H15N3S2/c1-13-16(15-7-3-5-9-18(15)23(13)2)11-14(12-21)24-20-22-17-8-4-6-10-19(17)25-20/h3-11H,1-2H3. The molecule has 0 fully saturated rings. The van der Waals surface area contributed by atoms with Crippen molar-refractivity contribution in [2.24, 2.45) is 7.05 Å². The molecule has 0 amide bonds. The Bertz CT molecular complexity index is 1130. The van der Waals surface area contributed by atoms with Gasteiger partial charge in [-0.15, -0.1) is 11.3 Å². The fraction of sp³-hybridized carbons (Fsp3) is 0.100. The molecule has 122 valence electrons. The van der Waals surface area contributed by atoms with E-state index < -0.39 is 0 Å². The highest BCUT2D eigenvalue weighted by Crippen LogP contribution is 2.36. The highest BCUT2D eigenvalue weighted by atomic mass is 32.2. The van der Waals surface area contributed by atoms with Crippen molar-refractivity contribution >= 4 is 50.3 Å². The maximum Gasteiger partial charge on any atom is 0.156 e. The largest absolute Gasteiger partial charge is 0.347 e. The average Bonchev–Trinajstić information content (AvgIpc) is 3.15. The third-order valence-corrected chi connectivity index (χ3v) is 6.33. The summed E-state index contributed by atoms with van der Waals surface area (Å²) in [6.45, 7) is 2.09. The summed E-state index contributed by atoms with van der Waals surface area (Å²) in [6, 6.07) is 18.7. The molecule has 0 bridgehead atoms. The number of thiazole rings is 1. The number of hydrogen-bond acceptors (Lipinski definition) is 4. The molecule has 2 heterocycles. The lowest BCUT2D eigenvalue weighted by Gasteiger charge is -1.99. The van der Waals surface area contributed by atoms with Crippen molar-refractivity contribution in [3.05, 3.63) is 64.7 Å². The summed E-state index contributed by atoms with van der Waals surface area (Å²) in [5, 5.41) is 10.8. The molecule has 5 heteroatoms. The molecule has 0 aliphatic heterocycles. The number of nitriles is 1. The second-order valence-electron chi connectivity index (χ2n) is 5.75. The van der Waals surface area contributed by atoms with Crippen LogP contribution in [0.3, 0.4) is 0 Å². The Balaban J connectivity index is 1.76. The number of allylic oxidation sites excluding steroid dienone is 1. The van der Waals surface area contributed by atoms with E-state index in [1.54, 1.807) is 11.3 Å². The van der Waals surface area contributed by atoms with Gasteiger partial charge in [-0.05, 0) is 43.0 Å². The monoisotopic (exact) mass is 361 g/mol. The summed E-state index contributed by atoms with van der Waals surface area (Å²) in [7, 11) is 2.06. The van der Waals surface area contributed by atoms with Crippen LogP contribution in [0, 0.1) is 18.3 Å². The molecule has 0 N–H and O–H groups in total. The smallest absolute Gasteiger partial charge is 0.156 e. The Morgan fingerprint density at radius 1 is 1.20 bits per heavy atom. The van der Waals surface area contributed by atoms with E-state index in [1.165, 1.54) is 22.7 Å². The van der Waals surface area contributed by atoms with Crippen molar-refractivity contribution < 1.29 is 0 Å². The number of benzene rings is 2. The highest BCUT2D eigenvalue weighted by Gasteiger charge is 2.12. The first-order valence-electron chi connectivity index (χ1n) is 7.86. The minimum absolute atomic E-state index is 0.651. The van der Waals surface area contributed by atoms with Gasteiger partial charge >= 0.3 is 0 Å². The summed E-state index contributed by atoms with van der Waals surface area (Å²) in [5.41, 5.74) is 4.41. The van der Waals surface area contributed by atoms with E-state index in [4.69, 9.17) is 0 Å². The zero-order chi connectivity index (χ0) is 17.4. The van der Waals surface area contributed by atoms with Gasteiger partial charge in [0, 0.05) is 29.2 Å². The van der Waals surface area contributed by atoms with E-state index >= 15 is 0 Å². The van der Waals surface area contributed by atoms with Gasteiger partial charge < -0.3 is 4.57 Å². The molecule has 2 aromatic heterocycles. The van der Waals surface area contributed by atoms with Crippen LogP contribution in [0.15, 0.2) is 57.8 Å². The third kappa shape index (κ3) is 2.84. The lowest BCUT2D eigenvalue weighted by molar-refractivity contribution is 0.916. The summed E-state index contributed by atoms with van der Waals surface area (Å²) in [4.78, 5) is 5.27. The molecule has 4 aromatic rings. The summed E-state index contributed by atoms with van der Waals surface area (Å²) >= 11 is 3.05. The molecule has 0 saturated carbocycles. The number of fused-ring (bicyclic) bond motifs is 2. The molecule has 0 aliphatic carbocycles. The van der Waals surface area contributed by atoms with Gasteiger partial charge in [-0.2, -0.15) is 5.26 Å². The van der Waals surface area contributed by atoms with E-state index in [-0.39, 0.29) is 0 Å². The summed E-state index contributed by atoms with van der Waals surface area (Å²) < 4.78 is 4.20. The van der Waals surface area contributed by atoms with Gasteiger partial charge in [0.25, 0.3) is 0 Å². The van der Waals surface area contributed by atoms with Gasteiger partial charge in [0.2, 0.25) is 0 Å². The fourth-order valence-electron chi connectivity index (χ4n) is 2.94. The normalized spacial score (nSPS) is 12.0. The number of nitrogens with zero attached hydrogens (tertiary/aromatic N) is 3. The van der Waals surface area contributed by atoms with Crippen molar-refractivity contribution in [3.8, 4) is 6.07 Å². The van der Waals surface area contributed by atoms with E-state index in [2.05, 4.69) is 47.8 Å². The van der Waals surface area contributed by atoms with Gasteiger partial charge in [0.1, 0.15) is 6.07 Å². The molecule has 2 aromatic carbocycles. The van der Waals surface area contributed by atoms with Crippen LogP contribution < -0.4 is 0 Å².